The van der Waals surface area contributed by atoms with Gasteiger partial charge in [0.2, 0.25) is 5.91 Å². The summed E-state index contributed by atoms with van der Waals surface area (Å²) in [6.45, 7) is 13.9. The lowest BCUT2D eigenvalue weighted by atomic mass is 9.79. The summed E-state index contributed by atoms with van der Waals surface area (Å²) < 4.78 is 5.73. The molecule has 1 saturated heterocycles. The highest BCUT2D eigenvalue weighted by Crippen LogP contribution is 2.35. The first-order valence-electron chi connectivity index (χ1n) is 11.7. The van der Waals surface area contributed by atoms with Gasteiger partial charge in [-0.15, -0.1) is 0 Å². The van der Waals surface area contributed by atoms with E-state index in [4.69, 9.17) is 4.74 Å². The van der Waals surface area contributed by atoms with E-state index >= 15 is 0 Å². The number of ether oxygens (including phenoxy) is 1. The molecule has 1 aromatic carbocycles. The van der Waals surface area contributed by atoms with Crippen LogP contribution in [0.2, 0.25) is 0 Å². The molecule has 1 aromatic rings. The topological polar surface area (TPSA) is 61.9 Å². The molecule has 1 unspecified atom stereocenters. The van der Waals surface area contributed by atoms with Gasteiger partial charge in [0.1, 0.15) is 5.75 Å². The molecule has 0 spiro atoms. The molecule has 2 aliphatic rings. The molecule has 172 valence electrons. The lowest BCUT2D eigenvalue weighted by molar-refractivity contribution is -0.135. The van der Waals surface area contributed by atoms with E-state index in [1.165, 1.54) is 0 Å². The molecule has 1 N–H and O–H groups in total. The summed E-state index contributed by atoms with van der Waals surface area (Å²) in [4.78, 5) is 30.0. The summed E-state index contributed by atoms with van der Waals surface area (Å²) in [5.74, 6) is 0.749. The average Bonchev–Trinajstić information content (AvgIpc) is 2.66. The van der Waals surface area contributed by atoms with Crippen LogP contribution in [0, 0.1) is 0 Å². The molecule has 6 heteroatoms. The van der Waals surface area contributed by atoms with E-state index in [2.05, 4.69) is 44.8 Å². The Morgan fingerprint density at radius 3 is 2.48 bits per heavy atom. The van der Waals surface area contributed by atoms with Gasteiger partial charge in [0, 0.05) is 36.6 Å². The molecule has 0 saturated carbocycles. The zero-order chi connectivity index (χ0) is 22.8. The van der Waals surface area contributed by atoms with Crippen LogP contribution in [-0.2, 0) is 9.59 Å². The molecular formula is C25H39N3O3. The predicted molar refractivity (Wildman–Crippen MR) is 124 cm³/mol. The SMILES string of the molecule is CCCCN(C(=O)CCN1C(=O)C(C)Oc2ccccc21)C1CC(C)(C)NC(C)(C)C1. The molecule has 3 rings (SSSR count). The number of benzene rings is 1. The largest absolute Gasteiger partial charge is 0.479 e. The van der Waals surface area contributed by atoms with Crippen LogP contribution in [0.1, 0.15) is 73.6 Å². The highest BCUT2D eigenvalue weighted by molar-refractivity contribution is 6.00. The van der Waals surface area contributed by atoms with Gasteiger partial charge >= 0.3 is 0 Å². The normalized spacial score (nSPS) is 22.6. The van der Waals surface area contributed by atoms with E-state index in [-0.39, 0.29) is 28.9 Å². The third-order valence-electron chi connectivity index (χ3n) is 6.31. The zero-order valence-electron chi connectivity index (χ0n) is 20.0. The Bertz CT molecular complexity index is 789. The second kappa shape index (κ2) is 9.19. The van der Waals surface area contributed by atoms with Crippen molar-refractivity contribution < 1.29 is 14.3 Å². The number of fused-ring (bicyclic) bond motifs is 1. The number of nitrogens with one attached hydrogen (secondary N) is 1. The van der Waals surface area contributed by atoms with Gasteiger partial charge in [0.15, 0.2) is 6.10 Å². The van der Waals surface area contributed by atoms with Crippen LogP contribution in [0.3, 0.4) is 0 Å². The number of piperidine rings is 1. The smallest absolute Gasteiger partial charge is 0.267 e. The van der Waals surface area contributed by atoms with Crippen LogP contribution in [-0.4, -0.2) is 53.0 Å². The van der Waals surface area contributed by atoms with Crippen molar-refractivity contribution in [3.05, 3.63) is 24.3 Å². The lowest BCUT2D eigenvalue weighted by Gasteiger charge is -2.49. The van der Waals surface area contributed by atoms with E-state index in [0.29, 0.717) is 18.7 Å². The number of unbranched alkanes of at least 4 members (excludes halogenated alkanes) is 1. The Hall–Kier alpha value is -2.08. The molecule has 31 heavy (non-hydrogen) atoms. The second-order valence-electron chi connectivity index (χ2n) is 10.4. The standard InChI is InChI=1S/C25H39N3O3/c1-7-8-14-27(19-16-24(3,4)26-25(5,6)17-19)22(29)13-15-28-20-11-9-10-12-21(20)31-18(2)23(28)30/h9-12,18-19,26H,7-8,13-17H2,1-6H3. The van der Waals surface area contributed by atoms with Gasteiger partial charge in [-0.05, 0) is 66.0 Å². The molecule has 0 radical (unpaired) electrons. The van der Waals surface area contributed by atoms with E-state index in [1.807, 2.05) is 24.3 Å². The molecule has 1 fully saturated rings. The third-order valence-corrected chi connectivity index (χ3v) is 6.31. The maximum Gasteiger partial charge on any atom is 0.267 e. The predicted octanol–water partition coefficient (Wildman–Crippen LogP) is 4.13. The number of anilines is 1. The van der Waals surface area contributed by atoms with Crippen molar-refractivity contribution in [1.29, 1.82) is 0 Å². The number of para-hydroxylation sites is 2. The van der Waals surface area contributed by atoms with E-state index < -0.39 is 6.10 Å². The van der Waals surface area contributed by atoms with Crippen molar-refractivity contribution in [3.63, 3.8) is 0 Å². The Kier molecular flexibility index (Phi) is 6.99. The third kappa shape index (κ3) is 5.59. The number of rotatable bonds is 7. The maximum atomic E-state index is 13.4. The zero-order valence-corrected chi connectivity index (χ0v) is 20.0. The molecule has 2 heterocycles. The van der Waals surface area contributed by atoms with Crippen molar-refractivity contribution in [2.24, 2.45) is 0 Å². The summed E-state index contributed by atoms with van der Waals surface area (Å²) in [6.07, 6.45) is 3.69. The van der Waals surface area contributed by atoms with Gasteiger partial charge in [-0.1, -0.05) is 25.5 Å². The average molecular weight is 430 g/mol. The van der Waals surface area contributed by atoms with Crippen LogP contribution >= 0.6 is 0 Å². The van der Waals surface area contributed by atoms with Gasteiger partial charge in [0.25, 0.3) is 5.91 Å². The Balaban J connectivity index is 1.75. The van der Waals surface area contributed by atoms with E-state index in [0.717, 1.165) is 37.9 Å². The summed E-state index contributed by atoms with van der Waals surface area (Å²) >= 11 is 0. The highest BCUT2D eigenvalue weighted by Gasteiger charge is 2.41. The minimum Gasteiger partial charge on any atom is -0.479 e. The maximum absolute atomic E-state index is 13.4. The fourth-order valence-corrected chi connectivity index (χ4v) is 5.27. The van der Waals surface area contributed by atoms with Gasteiger partial charge in [0.05, 0.1) is 5.69 Å². The first-order chi connectivity index (χ1) is 14.5. The summed E-state index contributed by atoms with van der Waals surface area (Å²) in [5, 5.41) is 3.71. The van der Waals surface area contributed by atoms with Crippen molar-refractivity contribution in [2.75, 3.05) is 18.0 Å². The van der Waals surface area contributed by atoms with Crippen LogP contribution in [0.4, 0.5) is 5.69 Å². The van der Waals surface area contributed by atoms with Crippen LogP contribution in [0.25, 0.3) is 0 Å². The first kappa shape index (κ1) is 23.6. The fourth-order valence-electron chi connectivity index (χ4n) is 5.27. The molecule has 2 amide bonds. The number of hydrogen-bond acceptors (Lipinski definition) is 4. The van der Waals surface area contributed by atoms with Gasteiger partial charge < -0.3 is 19.9 Å². The Morgan fingerprint density at radius 1 is 1.19 bits per heavy atom. The second-order valence-corrected chi connectivity index (χ2v) is 10.4. The minimum absolute atomic E-state index is 0.0221. The van der Waals surface area contributed by atoms with Crippen LogP contribution < -0.4 is 15.0 Å². The highest BCUT2D eigenvalue weighted by atomic mass is 16.5. The first-order valence-corrected chi connectivity index (χ1v) is 11.7. The van der Waals surface area contributed by atoms with Crippen molar-refractivity contribution in [1.82, 2.24) is 10.2 Å². The molecule has 0 aliphatic carbocycles. The number of carbonyl (C=O) groups excluding carboxylic acids is 2. The van der Waals surface area contributed by atoms with Gasteiger partial charge in [-0.2, -0.15) is 0 Å². The van der Waals surface area contributed by atoms with E-state index in [1.54, 1.807) is 11.8 Å². The van der Waals surface area contributed by atoms with Crippen molar-refractivity contribution in [2.45, 2.75) is 96.9 Å². The quantitative estimate of drug-likeness (QED) is 0.708. The molecule has 6 nitrogen and oxygen atoms in total. The molecular weight excluding hydrogens is 390 g/mol. The van der Waals surface area contributed by atoms with E-state index in [9.17, 15) is 9.59 Å². The van der Waals surface area contributed by atoms with Crippen molar-refractivity contribution >= 4 is 17.5 Å². The summed E-state index contributed by atoms with van der Waals surface area (Å²) in [6, 6.07) is 7.76. The number of hydrogen-bond donors (Lipinski definition) is 1. The molecule has 1 atom stereocenters. The van der Waals surface area contributed by atoms with Crippen LogP contribution in [0.15, 0.2) is 24.3 Å². The molecule has 0 aromatic heterocycles. The van der Waals surface area contributed by atoms with Gasteiger partial charge in [-0.25, -0.2) is 0 Å². The van der Waals surface area contributed by atoms with Gasteiger partial charge in [-0.3, -0.25) is 9.59 Å². The monoisotopic (exact) mass is 429 g/mol. The lowest BCUT2D eigenvalue weighted by Crippen LogP contribution is -2.63. The molecule has 2 aliphatic heterocycles. The number of nitrogens with zero attached hydrogens (tertiary/aromatic N) is 2. The van der Waals surface area contributed by atoms with Crippen molar-refractivity contribution in [3.8, 4) is 5.75 Å². The summed E-state index contributed by atoms with van der Waals surface area (Å²) in [5.41, 5.74) is 0.708. The fraction of sp³-hybridized carbons (Fsp3) is 0.680. The summed E-state index contributed by atoms with van der Waals surface area (Å²) in [7, 11) is 0. The van der Waals surface area contributed by atoms with Crippen LogP contribution in [0.5, 0.6) is 5.75 Å². The molecule has 0 bridgehead atoms. The number of amides is 2. The Labute approximate surface area is 187 Å². The minimum atomic E-state index is -0.535. The Morgan fingerprint density at radius 2 is 1.84 bits per heavy atom. The number of carbonyl (C=O) groups is 2.